The molecule has 0 saturated heterocycles. The number of hydrogen-bond acceptors (Lipinski definition) is 6. The molecular weight excluding hydrogens is 378 g/mol. The van der Waals surface area contributed by atoms with E-state index in [1.54, 1.807) is 32.9 Å². The number of rotatable bonds is 8. The number of fused-ring (bicyclic) bond motifs is 1. The Hall–Kier alpha value is -3.23. The molecule has 2 atom stereocenters. The van der Waals surface area contributed by atoms with Crippen LogP contribution in [0.3, 0.4) is 0 Å². The number of esters is 1. The average Bonchev–Trinajstić information content (AvgIpc) is 2.92. The Kier molecular flexibility index (Phi) is 7.08. The van der Waals surface area contributed by atoms with E-state index in [0.717, 1.165) is 4.90 Å². The van der Waals surface area contributed by atoms with Crippen molar-refractivity contribution in [2.45, 2.75) is 39.8 Å². The van der Waals surface area contributed by atoms with Gasteiger partial charge >= 0.3 is 5.97 Å². The minimum Gasteiger partial charge on any atom is -0.454 e. The van der Waals surface area contributed by atoms with Gasteiger partial charge in [-0.1, -0.05) is 26.0 Å². The molecule has 156 valence electrons. The van der Waals surface area contributed by atoms with Crippen molar-refractivity contribution in [1.82, 2.24) is 15.5 Å². The Labute approximate surface area is 168 Å². The van der Waals surface area contributed by atoms with Crippen LogP contribution in [0, 0.1) is 5.92 Å². The minimum absolute atomic E-state index is 0.226. The summed E-state index contributed by atoms with van der Waals surface area (Å²) in [5, 5.41) is 4.97. The summed E-state index contributed by atoms with van der Waals surface area (Å²) in [6.07, 6.45) is 0. The summed E-state index contributed by atoms with van der Waals surface area (Å²) in [6.45, 7) is 6.39. The van der Waals surface area contributed by atoms with Gasteiger partial charge in [0, 0.05) is 6.54 Å². The Morgan fingerprint density at radius 3 is 2.07 bits per heavy atom. The van der Waals surface area contributed by atoms with E-state index in [-0.39, 0.29) is 17.0 Å². The van der Waals surface area contributed by atoms with E-state index in [1.165, 1.54) is 19.1 Å². The molecule has 0 unspecified atom stereocenters. The lowest BCUT2D eigenvalue weighted by Gasteiger charge is -2.27. The van der Waals surface area contributed by atoms with Gasteiger partial charge in [-0.3, -0.25) is 24.1 Å². The molecule has 0 bridgehead atoms. The van der Waals surface area contributed by atoms with Crippen LogP contribution in [-0.2, 0) is 19.1 Å². The lowest BCUT2D eigenvalue weighted by molar-refractivity contribution is -0.153. The van der Waals surface area contributed by atoms with Crippen molar-refractivity contribution in [3.63, 3.8) is 0 Å². The lowest BCUT2D eigenvalue weighted by atomic mass is 10.0. The maximum Gasteiger partial charge on any atom is 0.330 e. The van der Waals surface area contributed by atoms with Crippen LogP contribution in [0.5, 0.6) is 0 Å². The minimum atomic E-state index is -1.17. The summed E-state index contributed by atoms with van der Waals surface area (Å²) in [5.74, 6) is -3.47. The molecule has 29 heavy (non-hydrogen) atoms. The largest absolute Gasteiger partial charge is 0.454 e. The number of hydrogen-bond donors (Lipinski definition) is 2. The molecule has 0 spiro atoms. The predicted octanol–water partition coefficient (Wildman–Crippen LogP) is 0.491. The van der Waals surface area contributed by atoms with Crippen molar-refractivity contribution >= 4 is 29.6 Å². The van der Waals surface area contributed by atoms with E-state index >= 15 is 0 Å². The zero-order valence-corrected chi connectivity index (χ0v) is 16.9. The molecule has 1 heterocycles. The third-order valence-corrected chi connectivity index (χ3v) is 4.44. The Balaban J connectivity index is 2.04. The maximum atomic E-state index is 12.7. The van der Waals surface area contributed by atoms with Crippen LogP contribution < -0.4 is 10.6 Å². The average molecular weight is 403 g/mol. The number of imide groups is 1. The molecule has 1 aromatic carbocycles. The standard InChI is InChI=1S/C20H25N3O6/c1-5-21-17(25)12(4)22-15(24)10-29-20(28)16(11(2)3)23-18(26)13-8-6-7-9-14(13)19(23)27/h6-9,11-12,16H,5,10H2,1-4H3,(H,21,25)(H,22,24)/t12-,16+/m0/s1. The van der Waals surface area contributed by atoms with Crippen molar-refractivity contribution in [1.29, 1.82) is 0 Å². The van der Waals surface area contributed by atoms with E-state index in [9.17, 15) is 24.0 Å². The second kappa shape index (κ2) is 9.31. The van der Waals surface area contributed by atoms with Crippen molar-refractivity contribution in [2.75, 3.05) is 13.2 Å². The van der Waals surface area contributed by atoms with Crippen LogP contribution in [0.2, 0.25) is 0 Å². The summed E-state index contributed by atoms with van der Waals surface area (Å²) in [7, 11) is 0. The normalized spacial score (nSPS) is 15.0. The van der Waals surface area contributed by atoms with Crippen LogP contribution >= 0.6 is 0 Å². The van der Waals surface area contributed by atoms with Crippen molar-refractivity contribution in [3.8, 4) is 0 Å². The van der Waals surface area contributed by atoms with Crippen molar-refractivity contribution in [3.05, 3.63) is 35.4 Å². The summed E-state index contributed by atoms with van der Waals surface area (Å²) >= 11 is 0. The first-order chi connectivity index (χ1) is 13.7. The molecular formula is C20H25N3O6. The number of nitrogens with zero attached hydrogens (tertiary/aromatic N) is 1. The summed E-state index contributed by atoms with van der Waals surface area (Å²) in [4.78, 5) is 62.4. The number of carbonyl (C=O) groups is 5. The Bertz CT molecular complexity index is 800. The number of nitrogens with one attached hydrogen (secondary N) is 2. The first-order valence-corrected chi connectivity index (χ1v) is 9.39. The van der Waals surface area contributed by atoms with E-state index in [2.05, 4.69) is 10.6 Å². The van der Waals surface area contributed by atoms with Gasteiger partial charge in [-0.25, -0.2) is 4.79 Å². The molecule has 2 N–H and O–H groups in total. The summed E-state index contributed by atoms with van der Waals surface area (Å²) in [5.41, 5.74) is 0.453. The summed E-state index contributed by atoms with van der Waals surface area (Å²) < 4.78 is 5.05. The molecule has 0 aromatic heterocycles. The fraction of sp³-hybridized carbons (Fsp3) is 0.450. The topological polar surface area (TPSA) is 122 Å². The number of ether oxygens (including phenoxy) is 1. The molecule has 1 aliphatic heterocycles. The highest BCUT2D eigenvalue weighted by molar-refractivity contribution is 6.22. The Morgan fingerprint density at radius 2 is 1.59 bits per heavy atom. The van der Waals surface area contributed by atoms with Gasteiger partial charge in [0.05, 0.1) is 11.1 Å². The van der Waals surface area contributed by atoms with E-state index in [0.29, 0.717) is 6.54 Å². The molecule has 0 fully saturated rings. The highest BCUT2D eigenvalue weighted by atomic mass is 16.5. The molecule has 9 nitrogen and oxygen atoms in total. The van der Waals surface area contributed by atoms with E-state index < -0.39 is 48.3 Å². The summed E-state index contributed by atoms with van der Waals surface area (Å²) in [6, 6.07) is 4.35. The highest BCUT2D eigenvalue weighted by Crippen LogP contribution is 2.27. The van der Waals surface area contributed by atoms with Crippen LogP contribution in [0.15, 0.2) is 24.3 Å². The molecule has 1 aliphatic rings. The number of amides is 4. The number of benzene rings is 1. The van der Waals surface area contributed by atoms with E-state index in [1.807, 2.05) is 0 Å². The van der Waals surface area contributed by atoms with Gasteiger partial charge in [0.25, 0.3) is 17.7 Å². The van der Waals surface area contributed by atoms with Crippen molar-refractivity contribution < 1.29 is 28.7 Å². The van der Waals surface area contributed by atoms with Crippen LogP contribution in [0.1, 0.15) is 48.4 Å². The molecule has 0 radical (unpaired) electrons. The molecule has 1 aromatic rings. The third-order valence-electron chi connectivity index (χ3n) is 4.44. The zero-order chi connectivity index (χ0) is 21.7. The molecule has 0 saturated carbocycles. The number of likely N-dealkylation sites (N-methyl/N-ethyl adjacent to an activating group) is 1. The maximum absolute atomic E-state index is 12.7. The smallest absolute Gasteiger partial charge is 0.330 e. The van der Waals surface area contributed by atoms with Gasteiger partial charge in [-0.2, -0.15) is 0 Å². The van der Waals surface area contributed by atoms with Crippen molar-refractivity contribution in [2.24, 2.45) is 5.92 Å². The van der Waals surface area contributed by atoms with Crippen LogP contribution in [0.4, 0.5) is 0 Å². The van der Waals surface area contributed by atoms with Gasteiger partial charge < -0.3 is 15.4 Å². The van der Waals surface area contributed by atoms with Crippen LogP contribution in [0.25, 0.3) is 0 Å². The van der Waals surface area contributed by atoms with Crippen LogP contribution in [-0.4, -0.2) is 59.7 Å². The van der Waals surface area contributed by atoms with Gasteiger partial charge in [-0.05, 0) is 31.9 Å². The molecule has 9 heteroatoms. The first-order valence-electron chi connectivity index (χ1n) is 9.39. The van der Waals surface area contributed by atoms with Gasteiger partial charge in [0.1, 0.15) is 12.1 Å². The SMILES string of the molecule is CCNC(=O)[C@H](C)NC(=O)COC(=O)[C@@H](C(C)C)N1C(=O)c2ccccc2C1=O. The number of carbonyl (C=O) groups excluding carboxylic acids is 5. The van der Waals surface area contributed by atoms with Gasteiger partial charge in [0.15, 0.2) is 6.61 Å². The van der Waals surface area contributed by atoms with Gasteiger partial charge in [-0.15, -0.1) is 0 Å². The second-order valence-electron chi connectivity index (χ2n) is 7.01. The molecule has 0 aliphatic carbocycles. The fourth-order valence-electron chi connectivity index (χ4n) is 3.03. The molecule has 2 rings (SSSR count). The van der Waals surface area contributed by atoms with Gasteiger partial charge in [0.2, 0.25) is 5.91 Å². The fourth-order valence-corrected chi connectivity index (χ4v) is 3.03. The molecule has 4 amide bonds. The monoisotopic (exact) mass is 403 g/mol. The predicted molar refractivity (Wildman–Crippen MR) is 103 cm³/mol. The first kappa shape index (κ1) is 22.1. The lowest BCUT2D eigenvalue weighted by Crippen LogP contribution is -2.50. The quantitative estimate of drug-likeness (QED) is 0.481. The van der Waals surface area contributed by atoms with E-state index in [4.69, 9.17) is 4.74 Å². The highest BCUT2D eigenvalue weighted by Gasteiger charge is 2.44. The second-order valence-corrected chi connectivity index (χ2v) is 7.01. The Morgan fingerprint density at radius 1 is 1.03 bits per heavy atom. The third kappa shape index (κ3) is 4.79. The zero-order valence-electron chi connectivity index (χ0n) is 16.9.